The average molecular weight is 460 g/mol. The van der Waals surface area contributed by atoms with Crippen LogP contribution >= 0.6 is 0 Å². The maximum Gasteiger partial charge on any atom is 0.408 e. The molecule has 1 aromatic rings. The highest BCUT2D eigenvalue weighted by molar-refractivity contribution is 5.92. The summed E-state index contributed by atoms with van der Waals surface area (Å²) in [5.74, 6) is -0.502. The lowest BCUT2D eigenvalue weighted by Gasteiger charge is -2.34. The smallest absolute Gasteiger partial charge is 0.408 e. The Balaban J connectivity index is 2.30. The third-order valence-electron chi connectivity index (χ3n) is 5.80. The van der Waals surface area contributed by atoms with E-state index < -0.39 is 23.8 Å². The number of carbonyl (C=O) groups is 3. The Hall–Kier alpha value is -2.57. The lowest BCUT2D eigenvalue weighted by atomic mass is 9.94. The SMILES string of the molecule is CCN(C(=O)C(C)NC(=O)OC(C)(C)C)C(C(=O)NC1CCCCC1)c1cc(C)cc(C)c1. The van der Waals surface area contributed by atoms with Crippen molar-refractivity contribution in [2.45, 2.75) is 104 Å². The molecular weight excluding hydrogens is 418 g/mol. The van der Waals surface area contributed by atoms with E-state index in [0.717, 1.165) is 42.4 Å². The molecule has 3 amide bonds. The first-order chi connectivity index (χ1) is 15.4. The molecule has 2 N–H and O–H groups in total. The highest BCUT2D eigenvalue weighted by atomic mass is 16.6. The fourth-order valence-corrected chi connectivity index (χ4v) is 4.43. The van der Waals surface area contributed by atoms with Gasteiger partial charge < -0.3 is 20.3 Å². The van der Waals surface area contributed by atoms with E-state index in [4.69, 9.17) is 4.74 Å². The molecule has 0 radical (unpaired) electrons. The van der Waals surface area contributed by atoms with Crippen molar-refractivity contribution in [1.82, 2.24) is 15.5 Å². The van der Waals surface area contributed by atoms with Crippen molar-refractivity contribution in [3.05, 3.63) is 34.9 Å². The van der Waals surface area contributed by atoms with Gasteiger partial charge in [-0.05, 0) is 66.9 Å². The molecule has 1 aromatic carbocycles. The predicted molar refractivity (Wildman–Crippen MR) is 130 cm³/mol. The van der Waals surface area contributed by atoms with Gasteiger partial charge in [-0.2, -0.15) is 0 Å². The number of aryl methyl sites for hydroxylation is 2. The minimum atomic E-state index is -0.837. The second-order valence-electron chi connectivity index (χ2n) is 10.2. The van der Waals surface area contributed by atoms with Gasteiger partial charge in [-0.1, -0.05) is 48.6 Å². The molecule has 0 aliphatic heterocycles. The van der Waals surface area contributed by atoms with E-state index >= 15 is 0 Å². The Kier molecular flexibility index (Phi) is 9.32. The molecular formula is C26H41N3O4. The number of ether oxygens (including phenoxy) is 1. The molecule has 1 aliphatic carbocycles. The zero-order chi connectivity index (χ0) is 24.8. The van der Waals surface area contributed by atoms with Crippen molar-refractivity contribution in [1.29, 1.82) is 0 Å². The van der Waals surface area contributed by atoms with Gasteiger partial charge in [0.2, 0.25) is 11.8 Å². The number of hydrogen-bond donors (Lipinski definition) is 2. The standard InChI is InChI=1S/C26H41N3O4/c1-8-29(24(31)19(4)27-25(32)33-26(5,6)7)22(20-15-17(2)14-18(3)16-20)23(30)28-21-12-10-9-11-13-21/h14-16,19,21-22H,8-13H2,1-7H3,(H,27,32)(H,28,30). The summed E-state index contributed by atoms with van der Waals surface area (Å²) in [7, 11) is 0. The van der Waals surface area contributed by atoms with Crippen LogP contribution in [0.1, 0.15) is 89.5 Å². The molecule has 184 valence electrons. The zero-order valence-electron chi connectivity index (χ0n) is 21.3. The fourth-order valence-electron chi connectivity index (χ4n) is 4.43. The number of alkyl carbamates (subject to hydrolysis) is 1. The van der Waals surface area contributed by atoms with Crippen LogP contribution in [0.15, 0.2) is 18.2 Å². The average Bonchev–Trinajstić information content (AvgIpc) is 2.69. The van der Waals surface area contributed by atoms with Gasteiger partial charge in [0.15, 0.2) is 0 Å². The van der Waals surface area contributed by atoms with Crippen LogP contribution in [0.4, 0.5) is 4.79 Å². The Bertz CT molecular complexity index is 820. The maximum absolute atomic E-state index is 13.6. The van der Waals surface area contributed by atoms with Crippen molar-refractivity contribution in [2.75, 3.05) is 6.54 Å². The topological polar surface area (TPSA) is 87.7 Å². The van der Waals surface area contributed by atoms with Gasteiger partial charge in [0.25, 0.3) is 0 Å². The minimum Gasteiger partial charge on any atom is -0.444 e. The molecule has 0 aromatic heterocycles. The zero-order valence-corrected chi connectivity index (χ0v) is 21.3. The second kappa shape index (κ2) is 11.5. The van der Waals surface area contributed by atoms with Gasteiger partial charge in [-0.15, -0.1) is 0 Å². The number of rotatable bonds is 7. The Morgan fingerprint density at radius 2 is 1.64 bits per heavy atom. The maximum atomic E-state index is 13.6. The Morgan fingerprint density at radius 3 is 2.15 bits per heavy atom. The van der Waals surface area contributed by atoms with E-state index in [1.165, 1.54) is 6.42 Å². The number of benzene rings is 1. The van der Waals surface area contributed by atoms with E-state index in [0.29, 0.717) is 6.54 Å². The molecule has 7 heteroatoms. The fraction of sp³-hybridized carbons (Fsp3) is 0.654. The molecule has 1 aliphatic rings. The van der Waals surface area contributed by atoms with Crippen molar-refractivity contribution in [2.24, 2.45) is 0 Å². The van der Waals surface area contributed by atoms with Crippen LogP contribution in [0.3, 0.4) is 0 Å². The quantitative estimate of drug-likeness (QED) is 0.626. The first kappa shape index (κ1) is 26.7. The predicted octanol–water partition coefficient (Wildman–Crippen LogP) is 4.56. The van der Waals surface area contributed by atoms with Crippen molar-refractivity contribution in [3.63, 3.8) is 0 Å². The number of nitrogens with zero attached hydrogens (tertiary/aromatic N) is 1. The molecule has 33 heavy (non-hydrogen) atoms. The van der Waals surface area contributed by atoms with Crippen molar-refractivity contribution in [3.8, 4) is 0 Å². The van der Waals surface area contributed by atoms with Crippen LogP contribution in [-0.2, 0) is 14.3 Å². The molecule has 2 rings (SSSR count). The molecule has 2 unspecified atom stereocenters. The largest absolute Gasteiger partial charge is 0.444 e. The summed E-state index contributed by atoms with van der Waals surface area (Å²) < 4.78 is 5.30. The van der Waals surface area contributed by atoms with Crippen LogP contribution in [0, 0.1) is 13.8 Å². The van der Waals surface area contributed by atoms with Crippen molar-refractivity contribution >= 4 is 17.9 Å². The molecule has 7 nitrogen and oxygen atoms in total. The summed E-state index contributed by atoms with van der Waals surface area (Å²) in [4.78, 5) is 40.8. The van der Waals surface area contributed by atoms with Crippen LogP contribution in [-0.4, -0.2) is 47.0 Å². The highest BCUT2D eigenvalue weighted by Gasteiger charge is 2.35. The molecule has 2 atom stereocenters. The molecule has 1 fully saturated rings. The third-order valence-corrected chi connectivity index (χ3v) is 5.80. The second-order valence-corrected chi connectivity index (χ2v) is 10.2. The lowest BCUT2D eigenvalue weighted by Crippen LogP contribution is -2.52. The van der Waals surface area contributed by atoms with Gasteiger partial charge in [-0.25, -0.2) is 4.79 Å². The van der Waals surface area contributed by atoms with Crippen LogP contribution in [0.2, 0.25) is 0 Å². The van der Waals surface area contributed by atoms with Crippen LogP contribution in [0.5, 0.6) is 0 Å². The number of hydrogen-bond acceptors (Lipinski definition) is 4. The molecule has 0 bridgehead atoms. The molecule has 0 spiro atoms. The summed E-state index contributed by atoms with van der Waals surface area (Å²) >= 11 is 0. The van der Waals surface area contributed by atoms with E-state index in [1.54, 1.807) is 32.6 Å². The van der Waals surface area contributed by atoms with Gasteiger partial charge in [-0.3, -0.25) is 9.59 Å². The normalized spacial score (nSPS) is 16.5. The third kappa shape index (κ3) is 8.06. The summed E-state index contributed by atoms with van der Waals surface area (Å²) in [5.41, 5.74) is 2.17. The minimum absolute atomic E-state index is 0.130. The van der Waals surface area contributed by atoms with Crippen LogP contribution < -0.4 is 10.6 Å². The summed E-state index contributed by atoms with van der Waals surface area (Å²) in [6.45, 7) is 13.1. The molecule has 0 heterocycles. The Morgan fingerprint density at radius 1 is 1.06 bits per heavy atom. The number of likely N-dealkylation sites (N-methyl/N-ethyl adjacent to an activating group) is 1. The monoisotopic (exact) mass is 459 g/mol. The molecule has 1 saturated carbocycles. The highest BCUT2D eigenvalue weighted by Crippen LogP contribution is 2.26. The van der Waals surface area contributed by atoms with E-state index in [2.05, 4.69) is 10.6 Å². The number of carbonyl (C=O) groups excluding carboxylic acids is 3. The summed E-state index contributed by atoms with van der Waals surface area (Å²) in [6.07, 6.45) is 4.66. The molecule has 0 saturated heterocycles. The van der Waals surface area contributed by atoms with Gasteiger partial charge in [0.1, 0.15) is 17.7 Å². The summed E-state index contributed by atoms with van der Waals surface area (Å²) in [5, 5.41) is 5.81. The van der Waals surface area contributed by atoms with E-state index in [9.17, 15) is 14.4 Å². The van der Waals surface area contributed by atoms with E-state index in [-0.39, 0.29) is 17.9 Å². The number of nitrogens with one attached hydrogen (secondary N) is 2. The van der Waals surface area contributed by atoms with Crippen LogP contribution in [0.25, 0.3) is 0 Å². The lowest BCUT2D eigenvalue weighted by molar-refractivity contribution is -0.142. The Labute approximate surface area is 198 Å². The van der Waals surface area contributed by atoms with Gasteiger partial charge in [0, 0.05) is 12.6 Å². The van der Waals surface area contributed by atoms with E-state index in [1.807, 2.05) is 39.0 Å². The summed E-state index contributed by atoms with van der Waals surface area (Å²) in [6, 6.07) is 4.48. The first-order valence-electron chi connectivity index (χ1n) is 12.1. The first-order valence-corrected chi connectivity index (χ1v) is 12.1. The number of amides is 3. The van der Waals surface area contributed by atoms with Crippen molar-refractivity contribution < 1.29 is 19.1 Å². The van der Waals surface area contributed by atoms with Gasteiger partial charge >= 0.3 is 6.09 Å². The van der Waals surface area contributed by atoms with Gasteiger partial charge in [0.05, 0.1) is 0 Å².